The quantitative estimate of drug-likeness (QED) is 0.557. The van der Waals surface area contributed by atoms with Gasteiger partial charge >= 0.3 is 5.97 Å². The first-order chi connectivity index (χ1) is 4.77. The molecule has 10 heavy (non-hydrogen) atoms. The summed E-state index contributed by atoms with van der Waals surface area (Å²) in [5.41, 5.74) is 0. The minimum Gasteiger partial charge on any atom is -0.481 e. The van der Waals surface area contributed by atoms with Crippen LogP contribution in [0.15, 0.2) is 0 Å². The van der Waals surface area contributed by atoms with Crippen LogP contribution in [0.25, 0.3) is 0 Å². The number of hydrogen-bond donors (Lipinski definition) is 2. The standard InChI is InChI=1S/C6H13NO2S/c1-7-3-5-10-4-2-6(8)9/h7H,2-5H2,1H3,(H,8,9). The second kappa shape index (κ2) is 6.89. The van der Waals surface area contributed by atoms with Crippen LogP contribution in [0.2, 0.25) is 0 Å². The van der Waals surface area contributed by atoms with Crippen LogP contribution in [0.4, 0.5) is 0 Å². The number of hydrogen-bond acceptors (Lipinski definition) is 3. The van der Waals surface area contributed by atoms with Crippen LogP contribution in [0.5, 0.6) is 0 Å². The van der Waals surface area contributed by atoms with Gasteiger partial charge in [-0.2, -0.15) is 11.8 Å². The molecule has 0 aromatic heterocycles. The van der Waals surface area contributed by atoms with E-state index in [2.05, 4.69) is 5.32 Å². The molecule has 0 unspecified atom stereocenters. The molecule has 0 spiro atoms. The van der Waals surface area contributed by atoms with E-state index in [-0.39, 0.29) is 6.42 Å². The van der Waals surface area contributed by atoms with Crippen LogP contribution in [0.1, 0.15) is 6.42 Å². The average Bonchev–Trinajstić information content (AvgIpc) is 1.87. The Morgan fingerprint density at radius 3 is 2.80 bits per heavy atom. The normalized spacial score (nSPS) is 9.70. The highest BCUT2D eigenvalue weighted by atomic mass is 32.2. The average molecular weight is 163 g/mol. The van der Waals surface area contributed by atoms with Gasteiger partial charge in [-0.25, -0.2) is 0 Å². The summed E-state index contributed by atoms with van der Waals surface area (Å²) in [4.78, 5) is 10.0. The van der Waals surface area contributed by atoms with Crippen LogP contribution < -0.4 is 5.32 Å². The summed E-state index contributed by atoms with van der Waals surface area (Å²) in [5, 5.41) is 11.2. The lowest BCUT2D eigenvalue weighted by Crippen LogP contribution is -2.10. The zero-order valence-electron chi connectivity index (χ0n) is 6.09. The number of carbonyl (C=O) groups is 1. The van der Waals surface area contributed by atoms with Gasteiger partial charge in [-0.05, 0) is 7.05 Å². The molecule has 0 rings (SSSR count). The van der Waals surface area contributed by atoms with E-state index in [0.29, 0.717) is 0 Å². The molecule has 0 aromatic rings. The number of carboxylic acids is 1. The Bertz CT molecular complexity index is 97.7. The minimum atomic E-state index is -0.711. The van der Waals surface area contributed by atoms with Crippen LogP contribution >= 0.6 is 11.8 Å². The third-order valence-corrected chi connectivity index (χ3v) is 1.94. The smallest absolute Gasteiger partial charge is 0.304 e. The van der Waals surface area contributed by atoms with Crippen LogP contribution in [0.3, 0.4) is 0 Å². The maximum absolute atomic E-state index is 10.0. The Hall–Kier alpha value is -0.220. The molecule has 0 aliphatic rings. The molecule has 0 atom stereocenters. The molecule has 0 aromatic carbocycles. The molecule has 3 nitrogen and oxygen atoms in total. The Kier molecular flexibility index (Phi) is 6.74. The third kappa shape index (κ3) is 7.78. The van der Waals surface area contributed by atoms with Gasteiger partial charge < -0.3 is 10.4 Å². The third-order valence-electron chi connectivity index (χ3n) is 0.957. The summed E-state index contributed by atoms with van der Waals surface area (Å²) in [6.07, 6.45) is 0.272. The summed E-state index contributed by atoms with van der Waals surface area (Å²) in [5.74, 6) is 0.998. The van der Waals surface area contributed by atoms with Gasteiger partial charge in [0.05, 0.1) is 6.42 Å². The van der Waals surface area contributed by atoms with Crippen LogP contribution in [0, 0.1) is 0 Å². The van der Waals surface area contributed by atoms with E-state index in [1.165, 1.54) is 0 Å². The lowest BCUT2D eigenvalue weighted by molar-refractivity contribution is -0.136. The zero-order chi connectivity index (χ0) is 7.82. The highest BCUT2D eigenvalue weighted by molar-refractivity contribution is 7.99. The summed E-state index contributed by atoms with van der Waals surface area (Å²) < 4.78 is 0. The lowest BCUT2D eigenvalue weighted by Gasteiger charge is -1.96. The predicted molar refractivity (Wildman–Crippen MR) is 43.5 cm³/mol. The second-order valence-electron chi connectivity index (χ2n) is 1.86. The van der Waals surface area contributed by atoms with Gasteiger partial charge in [0.2, 0.25) is 0 Å². The molecule has 4 heteroatoms. The molecule has 0 saturated carbocycles. The van der Waals surface area contributed by atoms with Gasteiger partial charge in [-0.3, -0.25) is 4.79 Å². The summed E-state index contributed by atoms with van der Waals surface area (Å²) in [6, 6.07) is 0. The van der Waals surface area contributed by atoms with Crippen molar-refractivity contribution in [3.05, 3.63) is 0 Å². The molecule has 0 bridgehead atoms. The van der Waals surface area contributed by atoms with E-state index >= 15 is 0 Å². The van der Waals surface area contributed by atoms with Crippen LogP contribution in [-0.4, -0.2) is 36.2 Å². The molecular formula is C6H13NO2S. The fraction of sp³-hybridized carbons (Fsp3) is 0.833. The van der Waals surface area contributed by atoms with Gasteiger partial charge in [-0.1, -0.05) is 0 Å². The van der Waals surface area contributed by atoms with E-state index in [4.69, 9.17) is 5.11 Å². The molecule has 0 radical (unpaired) electrons. The largest absolute Gasteiger partial charge is 0.481 e. The molecule has 0 amide bonds. The summed E-state index contributed by atoms with van der Waals surface area (Å²) in [7, 11) is 1.89. The van der Waals surface area contributed by atoms with Crippen LogP contribution in [-0.2, 0) is 4.79 Å². The molecule has 0 aliphatic carbocycles. The fourth-order valence-corrected chi connectivity index (χ4v) is 1.31. The summed E-state index contributed by atoms with van der Waals surface area (Å²) in [6.45, 7) is 0.949. The van der Waals surface area contributed by atoms with Crippen molar-refractivity contribution in [1.29, 1.82) is 0 Å². The molecule has 0 heterocycles. The van der Waals surface area contributed by atoms with Crippen molar-refractivity contribution in [2.75, 3.05) is 25.1 Å². The molecule has 0 saturated heterocycles. The van der Waals surface area contributed by atoms with Crippen molar-refractivity contribution in [2.24, 2.45) is 0 Å². The number of aliphatic carboxylic acids is 1. The zero-order valence-corrected chi connectivity index (χ0v) is 6.91. The Balaban J connectivity index is 2.84. The van der Waals surface area contributed by atoms with Gasteiger partial charge in [0.1, 0.15) is 0 Å². The van der Waals surface area contributed by atoms with Crippen molar-refractivity contribution in [2.45, 2.75) is 6.42 Å². The highest BCUT2D eigenvalue weighted by Gasteiger charge is 1.94. The number of carboxylic acid groups (broad SMARTS) is 1. The molecule has 0 aliphatic heterocycles. The maximum atomic E-state index is 10.0. The van der Waals surface area contributed by atoms with E-state index in [1.54, 1.807) is 11.8 Å². The van der Waals surface area contributed by atoms with Crippen molar-refractivity contribution >= 4 is 17.7 Å². The second-order valence-corrected chi connectivity index (χ2v) is 3.08. The topological polar surface area (TPSA) is 49.3 Å². The number of rotatable bonds is 6. The van der Waals surface area contributed by atoms with Crippen molar-refractivity contribution < 1.29 is 9.90 Å². The van der Waals surface area contributed by atoms with E-state index in [9.17, 15) is 4.79 Å². The monoisotopic (exact) mass is 163 g/mol. The Morgan fingerprint density at radius 2 is 2.30 bits per heavy atom. The van der Waals surface area contributed by atoms with Crippen molar-refractivity contribution in [1.82, 2.24) is 5.32 Å². The van der Waals surface area contributed by atoms with E-state index < -0.39 is 5.97 Å². The predicted octanol–water partition coefficient (Wildman–Crippen LogP) is 0.414. The summed E-state index contributed by atoms with van der Waals surface area (Å²) >= 11 is 1.66. The Morgan fingerprint density at radius 1 is 1.60 bits per heavy atom. The van der Waals surface area contributed by atoms with E-state index in [1.807, 2.05) is 7.05 Å². The number of thioether (sulfide) groups is 1. The van der Waals surface area contributed by atoms with Gasteiger partial charge in [0, 0.05) is 18.1 Å². The van der Waals surface area contributed by atoms with Gasteiger partial charge in [-0.15, -0.1) is 0 Å². The number of nitrogens with one attached hydrogen (secondary N) is 1. The van der Waals surface area contributed by atoms with Crippen molar-refractivity contribution in [3.63, 3.8) is 0 Å². The molecule has 2 N–H and O–H groups in total. The first kappa shape index (κ1) is 9.78. The molecule has 60 valence electrons. The van der Waals surface area contributed by atoms with E-state index in [0.717, 1.165) is 18.1 Å². The van der Waals surface area contributed by atoms with Crippen molar-refractivity contribution in [3.8, 4) is 0 Å². The minimum absolute atomic E-state index is 0.272. The lowest BCUT2D eigenvalue weighted by atomic mass is 10.5. The SMILES string of the molecule is CNCCSCCC(=O)O. The maximum Gasteiger partial charge on any atom is 0.304 e. The first-order valence-electron chi connectivity index (χ1n) is 3.21. The Labute approximate surface area is 65.2 Å². The molecular weight excluding hydrogens is 150 g/mol. The van der Waals surface area contributed by atoms with Gasteiger partial charge in [0.15, 0.2) is 0 Å². The first-order valence-corrected chi connectivity index (χ1v) is 4.37. The molecule has 0 fully saturated rings. The fourth-order valence-electron chi connectivity index (χ4n) is 0.436. The highest BCUT2D eigenvalue weighted by Crippen LogP contribution is 2.00. The van der Waals surface area contributed by atoms with Gasteiger partial charge in [0.25, 0.3) is 0 Å².